The summed E-state index contributed by atoms with van der Waals surface area (Å²) < 4.78 is 0. The maximum absolute atomic E-state index is 10.6. The maximum atomic E-state index is 10.6. The molecule has 3 nitrogen and oxygen atoms in total. The van der Waals surface area contributed by atoms with Gasteiger partial charge in [-0.2, -0.15) is 0 Å². The minimum atomic E-state index is -0.272. The smallest absolute Gasteiger partial charge is 0.146 e. The molecule has 0 radical (unpaired) electrons. The molecule has 0 aliphatic rings. The van der Waals surface area contributed by atoms with Crippen LogP contribution in [0.1, 0.15) is 40.0 Å². The van der Waals surface area contributed by atoms with Crippen molar-refractivity contribution in [3.05, 3.63) is 0 Å². The number of Topliss-reactive ketones (excluding diaryl/α,β-unsaturated/α-hetero) is 1. The van der Waals surface area contributed by atoms with Crippen LogP contribution in [0, 0.1) is 0 Å². The molecule has 0 bridgehead atoms. The summed E-state index contributed by atoms with van der Waals surface area (Å²) in [5.41, 5.74) is 10.7. The Labute approximate surface area is 75.5 Å². The van der Waals surface area contributed by atoms with E-state index in [1.165, 1.54) is 6.92 Å². The topological polar surface area (TPSA) is 69.1 Å². The van der Waals surface area contributed by atoms with E-state index in [1.54, 1.807) is 0 Å². The van der Waals surface area contributed by atoms with Crippen molar-refractivity contribution in [3.63, 3.8) is 0 Å². The first-order valence-electron chi connectivity index (χ1n) is 4.64. The highest BCUT2D eigenvalue weighted by Gasteiger charge is 2.05. The second kappa shape index (κ2) is 10.6. The van der Waals surface area contributed by atoms with Crippen molar-refractivity contribution in [2.24, 2.45) is 11.5 Å². The van der Waals surface area contributed by atoms with Crippen molar-refractivity contribution in [2.45, 2.75) is 46.1 Å². The lowest BCUT2D eigenvalue weighted by molar-refractivity contribution is -0.118. The Balaban J connectivity index is 0. The third-order valence-corrected chi connectivity index (χ3v) is 1.49. The second-order valence-electron chi connectivity index (χ2n) is 2.50. The summed E-state index contributed by atoms with van der Waals surface area (Å²) in [7, 11) is 0. The van der Waals surface area contributed by atoms with Gasteiger partial charge in [0.2, 0.25) is 0 Å². The molecule has 4 N–H and O–H groups in total. The molecule has 0 aromatic heterocycles. The van der Waals surface area contributed by atoms with E-state index in [1.807, 2.05) is 13.8 Å². The zero-order valence-corrected chi connectivity index (χ0v) is 8.47. The van der Waals surface area contributed by atoms with Crippen molar-refractivity contribution < 1.29 is 4.79 Å². The SMILES string of the molecule is CC.CC(=O)[C@@H](N)CCCCN. The van der Waals surface area contributed by atoms with E-state index in [-0.39, 0.29) is 11.8 Å². The Hall–Kier alpha value is -0.410. The van der Waals surface area contributed by atoms with Crippen LogP contribution in [0.25, 0.3) is 0 Å². The molecule has 3 heteroatoms. The predicted octanol–water partition coefficient (Wildman–Crippen LogP) is 1.06. The average molecular weight is 174 g/mol. The monoisotopic (exact) mass is 174 g/mol. The van der Waals surface area contributed by atoms with Gasteiger partial charge < -0.3 is 11.5 Å². The Morgan fingerprint density at radius 3 is 2.17 bits per heavy atom. The number of unbranched alkanes of at least 4 members (excludes halogenated alkanes) is 1. The van der Waals surface area contributed by atoms with Gasteiger partial charge in [-0.15, -0.1) is 0 Å². The van der Waals surface area contributed by atoms with Crippen molar-refractivity contribution in [2.75, 3.05) is 6.54 Å². The summed E-state index contributed by atoms with van der Waals surface area (Å²) in [6.45, 7) is 6.21. The summed E-state index contributed by atoms with van der Waals surface area (Å²) in [6.07, 6.45) is 2.69. The highest BCUT2D eigenvalue weighted by atomic mass is 16.1. The van der Waals surface area contributed by atoms with Gasteiger partial charge in [0.25, 0.3) is 0 Å². The second-order valence-corrected chi connectivity index (χ2v) is 2.50. The normalized spacial score (nSPS) is 11.4. The van der Waals surface area contributed by atoms with E-state index in [9.17, 15) is 4.79 Å². The summed E-state index contributed by atoms with van der Waals surface area (Å²) in [6, 6.07) is -0.272. The molecule has 0 aromatic carbocycles. The fourth-order valence-electron chi connectivity index (χ4n) is 0.712. The van der Waals surface area contributed by atoms with Crippen molar-refractivity contribution in [1.29, 1.82) is 0 Å². The highest BCUT2D eigenvalue weighted by Crippen LogP contribution is 1.97. The van der Waals surface area contributed by atoms with E-state index >= 15 is 0 Å². The van der Waals surface area contributed by atoms with Crippen LogP contribution in [0.15, 0.2) is 0 Å². The molecule has 0 rings (SSSR count). The third-order valence-electron chi connectivity index (χ3n) is 1.49. The molecule has 12 heavy (non-hydrogen) atoms. The van der Waals surface area contributed by atoms with Gasteiger partial charge in [-0.3, -0.25) is 4.79 Å². The number of carbonyl (C=O) groups excluding carboxylic acids is 1. The summed E-state index contributed by atoms with van der Waals surface area (Å²) in [5.74, 6) is 0.0667. The fourth-order valence-corrected chi connectivity index (χ4v) is 0.712. The molecule has 0 aromatic rings. The lowest BCUT2D eigenvalue weighted by Gasteiger charge is -2.05. The third kappa shape index (κ3) is 9.59. The first-order chi connectivity index (χ1) is 5.68. The van der Waals surface area contributed by atoms with E-state index in [0.29, 0.717) is 6.54 Å². The van der Waals surface area contributed by atoms with Gasteiger partial charge in [-0.1, -0.05) is 20.3 Å². The number of ketones is 1. The molecule has 1 atom stereocenters. The van der Waals surface area contributed by atoms with Crippen LogP contribution in [0.5, 0.6) is 0 Å². The Morgan fingerprint density at radius 1 is 1.33 bits per heavy atom. The van der Waals surface area contributed by atoms with Crippen molar-refractivity contribution in [3.8, 4) is 0 Å². The molecule has 0 heterocycles. The van der Waals surface area contributed by atoms with Gasteiger partial charge in [-0.05, 0) is 26.3 Å². The van der Waals surface area contributed by atoms with E-state index < -0.39 is 0 Å². The minimum Gasteiger partial charge on any atom is -0.330 e. The van der Waals surface area contributed by atoms with Crippen LogP contribution in [-0.2, 0) is 4.79 Å². The van der Waals surface area contributed by atoms with Gasteiger partial charge >= 0.3 is 0 Å². The van der Waals surface area contributed by atoms with Crippen molar-refractivity contribution >= 4 is 5.78 Å². The molecule has 0 saturated carbocycles. The van der Waals surface area contributed by atoms with Crippen molar-refractivity contribution in [1.82, 2.24) is 0 Å². The molecule has 74 valence electrons. The van der Waals surface area contributed by atoms with E-state index in [0.717, 1.165) is 19.3 Å². The predicted molar refractivity (Wildman–Crippen MR) is 52.9 cm³/mol. The number of nitrogens with two attached hydrogens (primary N) is 2. The standard InChI is InChI=1S/C7H16N2O.C2H6/c1-6(10)7(9)4-2-3-5-8;1-2/h7H,2-5,8-9H2,1H3;1-2H3/t7-;/m0./s1. The molecule has 0 aliphatic heterocycles. The Bertz CT molecular complexity index is 105. The molecule has 0 fully saturated rings. The van der Waals surface area contributed by atoms with Gasteiger partial charge in [0.05, 0.1) is 6.04 Å². The van der Waals surface area contributed by atoms with Crippen LogP contribution in [0.3, 0.4) is 0 Å². The van der Waals surface area contributed by atoms with Crippen LogP contribution >= 0.6 is 0 Å². The number of rotatable bonds is 5. The number of carbonyl (C=O) groups is 1. The molecule has 0 saturated heterocycles. The summed E-state index contributed by atoms with van der Waals surface area (Å²) in [4.78, 5) is 10.6. The van der Waals surface area contributed by atoms with Gasteiger partial charge in [0, 0.05) is 0 Å². The van der Waals surface area contributed by atoms with Gasteiger partial charge in [0.15, 0.2) is 0 Å². The van der Waals surface area contributed by atoms with Crippen LogP contribution < -0.4 is 11.5 Å². The summed E-state index contributed by atoms with van der Waals surface area (Å²) in [5, 5.41) is 0. The summed E-state index contributed by atoms with van der Waals surface area (Å²) >= 11 is 0. The lowest BCUT2D eigenvalue weighted by atomic mass is 10.1. The lowest BCUT2D eigenvalue weighted by Crippen LogP contribution is -2.28. The Morgan fingerprint density at radius 2 is 1.83 bits per heavy atom. The quantitative estimate of drug-likeness (QED) is 0.612. The van der Waals surface area contributed by atoms with Crippen LogP contribution in [0.2, 0.25) is 0 Å². The molecule has 0 unspecified atom stereocenters. The number of hydrogen-bond acceptors (Lipinski definition) is 3. The minimum absolute atomic E-state index is 0.0667. The zero-order valence-electron chi connectivity index (χ0n) is 8.47. The van der Waals surface area contributed by atoms with Gasteiger partial charge in [-0.25, -0.2) is 0 Å². The molecule has 0 amide bonds. The Kier molecular flexibility index (Phi) is 12.5. The molecule has 0 aliphatic carbocycles. The maximum Gasteiger partial charge on any atom is 0.146 e. The molecular formula is C9H22N2O. The largest absolute Gasteiger partial charge is 0.330 e. The number of hydrogen-bond donors (Lipinski definition) is 2. The highest BCUT2D eigenvalue weighted by molar-refractivity contribution is 5.80. The average Bonchev–Trinajstić information content (AvgIpc) is 2.08. The first-order valence-corrected chi connectivity index (χ1v) is 4.64. The van der Waals surface area contributed by atoms with Gasteiger partial charge in [0.1, 0.15) is 5.78 Å². The van der Waals surface area contributed by atoms with E-state index in [2.05, 4.69) is 0 Å². The zero-order chi connectivity index (χ0) is 9.98. The fraction of sp³-hybridized carbons (Fsp3) is 0.889. The molecule has 0 spiro atoms. The van der Waals surface area contributed by atoms with Crippen LogP contribution in [-0.4, -0.2) is 18.4 Å². The van der Waals surface area contributed by atoms with Crippen LogP contribution in [0.4, 0.5) is 0 Å². The molecular weight excluding hydrogens is 152 g/mol. The van der Waals surface area contributed by atoms with E-state index in [4.69, 9.17) is 11.5 Å². The first kappa shape index (κ1) is 14.1.